The first-order valence-electron chi connectivity index (χ1n) is 5.92. The molecule has 0 spiro atoms. The van der Waals surface area contributed by atoms with E-state index in [0.29, 0.717) is 0 Å². The fourth-order valence-corrected chi connectivity index (χ4v) is 2.15. The van der Waals surface area contributed by atoms with Crippen molar-refractivity contribution in [2.75, 3.05) is 25.1 Å². The van der Waals surface area contributed by atoms with Crippen molar-refractivity contribution in [3.63, 3.8) is 0 Å². The fourth-order valence-electron chi connectivity index (χ4n) is 2.15. The van der Waals surface area contributed by atoms with Crippen LogP contribution in [0.15, 0.2) is 30.5 Å². The zero-order valence-corrected chi connectivity index (χ0v) is 10.7. The largest absolute Gasteiger partial charge is 0.396 e. The summed E-state index contributed by atoms with van der Waals surface area (Å²) in [7, 11) is 2.06. The molecule has 17 heavy (non-hydrogen) atoms. The number of aromatic nitrogens is 1. The van der Waals surface area contributed by atoms with Gasteiger partial charge < -0.3 is 15.0 Å². The van der Waals surface area contributed by atoms with Crippen molar-refractivity contribution in [3.8, 4) is 0 Å². The Morgan fingerprint density at radius 3 is 2.71 bits per heavy atom. The molecule has 0 atom stereocenters. The maximum absolute atomic E-state index is 9.32. The first-order chi connectivity index (χ1) is 8.03. The van der Waals surface area contributed by atoms with Crippen molar-refractivity contribution in [1.82, 2.24) is 4.98 Å². The summed E-state index contributed by atoms with van der Waals surface area (Å²) in [6, 6.07) is 8.26. The lowest BCUT2D eigenvalue weighted by atomic mass is 9.94. The lowest BCUT2D eigenvalue weighted by Gasteiger charge is -2.29. The van der Waals surface area contributed by atoms with Gasteiger partial charge in [0.25, 0.3) is 0 Å². The Kier molecular flexibility index (Phi) is 3.11. The predicted molar refractivity (Wildman–Crippen MR) is 72.4 cm³/mol. The molecule has 3 heteroatoms. The topological polar surface area (TPSA) is 39.3 Å². The van der Waals surface area contributed by atoms with Gasteiger partial charge in [0.05, 0.1) is 5.69 Å². The summed E-state index contributed by atoms with van der Waals surface area (Å²) in [6.45, 7) is 5.15. The quantitative estimate of drug-likeness (QED) is 0.850. The van der Waals surface area contributed by atoms with Gasteiger partial charge in [0.1, 0.15) is 0 Å². The van der Waals surface area contributed by atoms with E-state index in [2.05, 4.69) is 42.9 Å². The number of H-pyrrole nitrogens is 1. The van der Waals surface area contributed by atoms with Gasteiger partial charge in [0.15, 0.2) is 0 Å². The first-order valence-corrected chi connectivity index (χ1v) is 5.92. The van der Waals surface area contributed by atoms with Crippen LogP contribution < -0.4 is 4.90 Å². The number of hydrogen-bond acceptors (Lipinski definition) is 2. The molecule has 3 nitrogen and oxygen atoms in total. The number of fused-ring (bicyclic) bond motifs is 1. The number of para-hydroxylation sites is 1. The number of rotatable bonds is 4. The van der Waals surface area contributed by atoms with Gasteiger partial charge in [0.2, 0.25) is 0 Å². The van der Waals surface area contributed by atoms with Gasteiger partial charge in [-0.25, -0.2) is 0 Å². The number of hydrogen-bond donors (Lipinski definition) is 2. The van der Waals surface area contributed by atoms with Gasteiger partial charge in [-0.15, -0.1) is 0 Å². The molecule has 0 amide bonds. The summed E-state index contributed by atoms with van der Waals surface area (Å²) < 4.78 is 0. The molecule has 2 N–H and O–H groups in total. The summed E-state index contributed by atoms with van der Waals surface area (Å²) in [5.41, 5.74) is 2.24. The van der Waals surface area contributed by atoms with Gasteiger partial charge in [0, 0.05) is 42.7 Å². The highest BCUT2D eigenvalue weighted by atomic mass is 16.3. The third-order valence-electron chi connectivity index (χ3n) is 3.07. The molecule has 0 radical (unpaired) electrons. The average molecular weight is 232 g/mol. The van der Waals surface area contributed by atoms with Gasteiger partial charge in [-0.05, 0) is 6.07 Å². The van der Waals surface area contributed by atoms with E-state index in [4.69, 9.17) is 0 Å². The molecule has 0 aliphatic carbocycles. The fraction of sp³-hybridized carbons (Fsp3) is 0.429. The van der Waals surface area contributed by atoms with Crippen LogP contribution in [0.1, 0.15) is 13.8 Å². The van der Waals surface area contributed by atoms with E-state index in [-0.39, 0.29) is 12.0 Å². The van der Waals surface area contributed by atoms with Crippen molar-refractivity contribution in [2.24, 2.45) is 5.41 Å². The second-order valence-corrected chi connectivity index (χ2v) is 5.40. The van der Waals surface area contributed by atoms with Gasteiger partial charge in [-0.1, -0.05) is 32.0 Å². The Labute approximate surface area is 102 Å². The van der Waals surface area contributed by atoms with E-state index >= 15 is 0 Å². The van der Waals surface area contributed by atoms with E-state index in [1.165, 1.54) is 11.1 Å². The van der Waals surface area contributed by atoms with Gasteiger partial charge in [-0.3, -0.25) is 0 Å². The van der Waals surface area contributed by atoms with E-state index in [0.717, 1.165) is 12.1 Å². The first kappa shape index (κ1) is 12.0. The van der Waals surface area contributed by atoms with Crippen LogP contribution in [0.5, 0.6) is 0 Å². The number of aliphatic hydroxyl groups is 1. The smallest absolute Gasteiger partial charge is 0.0621 e. The lowest BCUT2D eigenvalue weighted by molar-refractivity contribution is 0.165. The van der Waals surface area contributed by atoms with Crippen molar-refractivity contribution in [2.45, 2.75) is 13.8 Å². The molecular weight excluding hydrogens is 212 g/mol. The number of aromatic amines is 1. The van der Waals surface area contributed by atoms with Gasteiger partial charge in [-0.2, -0.15) is 0 Å². The van der Waals surface area contributed by atoms with E-state index in [9.17, 15) is 5.11 Å². The van der Waals surface area contributed by atoms with Crippen LogP contribution in [-0.2, 0) is 0 Å². The molecule has 0 aliphatic rings. The molecule has 0 fully saturated rings. The Morgan fingerprint density at radius 2 is 2.00 bits per heavy atom. The van der Waals surface area contributed by atoms with Crippen LogP contribution in [0.2, 0.25) is 0 Å². The third kappa shape index (κ3) is 2.44. The molecule has 0 saturated carbocycles. The minimum Gasteiger partial charge on any atom is -0.396 e. The summed E-state index contributed by atoms with van der Waals surface area (Å²) in [5, 5.41) is 10.5. The van der Waals surface area contributed by atoms with Crippen molar-refractivity contribution >= 4 is 16.6 Å². The van der Waals surface area contributed by atoms with E-state index in [1.54, 1.807) is 0 Å². The Morgan fingerprint density at radius 1 is 1.29 bits per heavy atom. The number of nitrogens with one attached hydrogen (secondary N) is 1. The van der Waals surface area contributed by atoms with E-state index < -0.39 is 0 Å². The second-order valence-electron chi connectivity index (χ2n) is 5.40. The number of anilines is 1. The monoisotopic (exact) mass is 232 g/mol. The average Bonchev–Trinajstić information content (AvgIpc) is 2.72. The Balaban J connectivity index is 2.28. The van der Waals surface area contributed by atoms with Crippen molar-refractivity contribution < 1.29 is 5.11 Å². The molecule has 92 valence electrons. The maximum Gasteiger partial charge on any atom is 0.0621 e. The molecule has 0 bridgehead atoms. The molecule has 0 unspecified atom stereocenters. The molecule has 1 aromatic heterocycles. The zero-order valence-electron chi connectivity index (χ0n) is 10.7. The summed E-state index contributed by atoms with van der Waals surface area (Å²) in [6.07, 6.45) is 2.03. The molecule has 1 aromatic carbocycles. The van der Waals surface area contributed by atoms with E-state index in [1.807, 2.05) is 18.3 Å². The molecule has 1 heterocycles. The SMILES string of the molecule is CN(CC(C)(C)CO)c1c[nH]c2ccccc12. The molecule has 2 rings (SSSR count). The molecule has 2 aromatic rings. The standard InChI is InChI=1S/C14H20N2O/c1-14(2,10-17)9-16(3)13-8-15-12-7-5-4-6-11(12)13/h4-8,15,17H,9-10H2,1-3H3. The highest BCUT2D eigenvalue weighted by molar-refractivity contribution is 5.92. The van der Waals surface area contributed by atoms with Crippen LogP contribution in [0, 0.1) is 5.41 Å². The highest BCUT2D eigenvalue weighted by Crippen LogP contribution is 2.28. The third-order valence-corrected chi connectivity index (χ3v) is 3.07. The van der Waals surface area contributed by atoms with Crippen LogP contribution in [-0.4, -0.2) is 30.3 Å². The van der Waals surface area contributed by atoms with Gasteiger partial charge >= 0.3 is 0 Å². The molecule has 0 saturated heterocycles. The number of aliphatic hydroxyl groups excluding tert-OH is 1. The maximum atomic E-state index is 9.32. The molecular formula is C14H20N2O. The summed E-state index contributed by atoms with van der Waals surface area (Å²) >= 11 is 0. The lowest BCUT2D eigenvalue weighted by Crippen LogP contribution is -2.33. The minimum absolute atomic E-state index is 0.0902. The Bertz CT molecular complexity index is 502. The van der Waals surface area contributed by atoms with Crippen LogP contribution in [0.25, 0.3) is 10.9 Å². The zero-order chi connectivity index (χ0) is 12.5. The van der Waals surface area contributed by atoms with Crippen molar-refractivity contribution in [1.29, 1.82) is 0 Å². The normalized spacial score (nSPS) is 12.0. The minimum atomic E-state index is -0.0902. The summed E-state index contributed by atoms with van der Waals surface area (Å²) in [5.74, 6) is 0. The van der Waals surface area contributed by atoms with Crippen LogP contribution >= 0.6 is 0 Å². The highest BCUT2D eigenvalue weighted by Gasteiger charge is 2.20. The second kappa shape index (κ2) is 4.41. The van der Waals surface area contributed by atoms with Crippen LogP contribution in [0.4, 0.5) is 5.69 Å². The number of benzene rings is 1. The predicted octanol–water partition coefficient (Wildman–Crippen LogP) is 2.62. The molecule has 0 aliphatic heterocycles. The summed E-state index contributed by atoms with van der Waals surface area (Å²) in [4.78, 5) is 5.46. The van der Waals surface area contributed by atoms with Crippen molar-refractivity contribution in [3.05, 3.63) is 30.5 Å². The van der Waals surface area contributed by atoms with Crippen LogP contribution in [0.3, 0.4) is 0 Å². The number of nitrogens with zero attached hydrogens (tertiary/aromatic N) is 1. The Hall–Kier alpha value is -1.48.